The number of anilines is 1. The Labute approximate surface area is 114 Å². The van der Waals surface area contributed by atoms with E-state index in [9.17, 15) is 0 Å². The summed E-state index contributed by atoms with van der Waals surface area (Å²) in [6.07, 6.45) is 0. The number of rotatable bonds is 6. The van der Waals surface area contributed by atoms with Gasteiger partial charge in [0.1, 0.15) is 12.4 Å². The zero-order valence-corrected chi connectivity index (χ0v) is 11.2. The summed E-state index contributed by atoms with van der Waals surface area (Å²) in [5.41, 5.74) is 7.70. The SMILES string of the molecule is CC(NCCOc1cccc(N)c1)c1ccccc1. The molecule has 3 nitrogen and oxygen atoms in total. The van der Waals surface area contributed by atoms with E-state index < -0.39 is 0 Å². The van der Waals surface area contributed by atoms with E-state index in [-0.39, 0.29) is 0 Å². The smallest absolute Gasteiger partial charge is 0.121 e. The quantitative estimate of drug-likeness (QED) is 0.617. The summed E-state index contributed by atoms with van der Waals surface area (Å²) in [7, 11) is 0. The molecule has 2 aromatic carbocycles. The van der Waals surface area contributed by atoms with Gasteiger partial charge in [0.05, 0.1) is 0 Å². The van der Waals surface area contributed by atoms with Crippen LogP contribution in [0.1, 0.15) is 18.5 Å². The first-order chi connectivity index (χ1) is 9.25. The lowest BCUT2D eigenvalue weighted by Crippen LogP contribution is -2.24. The second-order valence-corrected chi connectivity index (χ2v) is 4.51. The van der Waals surface area contributed by atoms with Gasteiger partial charge in [0.15, 0.2) is 0 Å². The van der Waals surface area contributed by atoms with Gasteiger partial charge in [0.25, 0.3) is 0 Å². The predicted molar refractivity (Wildman–Crippen MR) is 79.2 cm³/mol. The van der Waals surface area contributed by atoms with Gasteiger partial charge in [-0.05, 0) is 24.6 Å². The molecule has 0 aliphatic rings. The second-order valence-electron chi connectivity index (χ2n) is 4.51. The van der Waals surface area contributed by atoms with E-state index >= 15 is 0 Å². The molecule has 0 heterocycles. The fourth-order valence-electron chi connectivity index (χ4n) is 1.91. The van der Waals surface area contributed by atoms with Crippen molar-refractivity contribution >= 4 is 5.69 Å². The molecule has 3 N–H and O–H groups in total. The first-order valence-electron chi connectivity index (χ1n) is 6.52. The van der Waals surface area contributed by atoms with Crippen LogP contribution in [0.15, 0.2) is 54.6 Å². The molecule has 0 spiro atoms. The van der Waals surface area contributed by atoms with E-state index in [1.54, 1.807) is 0 Å². The van der Waals surface area contributed by atoms with Gasteiger partial charge < -0.3 is 15.8 Å². The Hall–Kier alpha value is -2.00. The van der Waals surface area contributed by atoms with Crippen LogP contribution >= 0.6 is 0 Å². The van der Waals surface area contributed by atoms with E-state index in [0.717, 1.165) is 18.0 Å². The monoisotopic (exact) mass is 256 g/mol. The minimum atomic E-state index is 0.325. The van der Waals surface area contributed by atoms with Gasteiger partial charge in [-0.1, -0.05) is 36.4 Å². The highest BCUT2D eigenvalue weighted by molar-refractivity contribution is 5.43. The molecule has 0 bridgehead atoms. The summed E-state index contributed by atoms with van der Waals surface area (Å²) in [5.74, 6) is 0.814. The summed E-state index contributed by atoms with van der Waals surface area (Å²) >= 11 is 0. The van der Waals surface area contributed by atoms with Crippen molar-refractivity contribution in [1.29, 1.82) is 0 Å². The van der Waals surface area contributed by atoms with Crippen molar-refractivity contribution < 1.29 is 4.74 Å². The van der Waals surface area contributed by atoms with Crippen LogP contribution in [0, 0.1) is 0 Å². The standard InChI is InChI=1S/C16H20N2O/c1-13(14-6-3-2-4-7-14)18-10-11-19-16-9-5-8-15(17)12-16/h2-9,12-13,18H,10-11,17H2,1H3. The van der Waals surface area contributed by atoms with Gasteiger partial charge >= 0.3 is 0 Å². The lowest BCUT2D eigenvalue weighted by Gasteiger charge is -2.14. The molecule has 0 aliphatic carbocycles. The van der Waals surface area contributed by atoms with E-state index in [2.05, 4.69) is 36.5 Å². The summed E-state index contributed by atoms with van der Waals surface area (Å²) in [5, 5.41) is 3.43. The zero-order valence-electron chi connectivity index (χ0n) is 11.2. The lowest BCUT2D eigenvalue weighted by molar-refractivity contribution is 0.308. The first kappa shape index (κ1) is 13.4. The topological polar surface area (TPSA) is 47.3 Å². The molecule has 1 unspecified atom stereocenters. The minimum Gasteiger partial charge on any atom is -0.492 e. The molecule has 1 atom stereocenters. The molecule has 0 fully saturated rings. The van der Waals surface area contributed by atoms with Gasteiger partial charge in [0.2, 0.25) is 0 Å². The second kappa shape index (κ2) is 6.81. The Balaban J connectivity index is 1.72. The van der Waals surface area contributed by atoms with E-state index in [4.69, 9.17) is 10.5 Å². The van der Waals surface area contributed by atoms with E-state index in [1.165, 1.54) is 5.56 Å². The Kier molecular flexibility index (Phi) is 4.81. The Morgan fingerprint density at radius 3 is 2.63 bits per heavy atom. The molecule has 0 saturated carbocycles. The first-order valence-corrected chi connectivity index (χ1v) is 6.52. The summed E-state index contributed by atoms with van der Waals surface area (Å²) < 4.78 is 5.63. The van der Waals surface area contributed by atoms with Crippen LogP contribution in [0.25, 0.3) is 0 Å². The fraction of sp³-hybridized carbons (Fsp3) is 0.250. The van der Waals surface area contributed by atoms with Crippen LogP contribution in [0.2, 0.25) is 0 Å². The third-order valence-corrected chi connectivity index (χ3v) is 2.98. The lowest BCUT2D eigenvalue weighted by atomic mass is 10.1. The average molecular weight is 256 g/mol. The van der Waals surface area contributed by atoms with Gasteiger partial charge in [0, 0.05) is 24.3 Å². The number of nitrogen functional groups attached to an aromatic ring is 1. The van der Waals surface area contributed by atoms with Crippen LogP contribution in [-0.4, -0.2) is 13.2 Å². The van der Waals surface area contributed by atoms with Crippen molar-refractivity contribution in [3.05, 3.63) is 60.2 Å². The maximum Gasteiger partial charge on any atom is 0.121 e. The molecule has 0 saturated heterocycles. The normalized spacial score (nSPS) is 12.1. The molecule has 2 aromatic rings. The van der Waals surface area contributed by atoms with Gasteiger partial charge in [-0.2, -0.15) is 0 Å². The third-order valence-electron chi connectivity index (χ3n) is 2.98. The van der Waals surface area contributed by atoms with Crippen molar-refractivity contribution in [3.63, 3.8) is 0 Å². The molecule has 0 amide bonds. The van der Waals surface area contributed by atoms with Crippen LogP contribution in [0.4, 0.5) is 5.69 Å². The number of hydrogen-bond acceptors (Lipinski definition) is 3. The highest BCUT2D eigenvalue weighted by Gasteiger charge is 2.03. The van der Waals surface area contributed by atoms with Crippen LogP contribution in [-0.2, 0) is 0 Å². The average Bonchev–Trinajstić information content (AvgIpc) is 2.44. The fourth-order valence-corrected chi connectivity index (χ4v) is 1.91. The highest BCUT2D eigenvalue weighted by atomic mass is 16.5. The van der Waals surface area contributed by atoms with E-state index in [0.29, 0.717) is 12.6 Å². The number of benzene rings is 2. The minimum absolute atomic E-state index is 0.325. The molecule has 100 valence electrons. The van der Waals surface area contributed by atoms with Gasteiger partial charge in [-0.3, -0.25) is 0 Å². The molecule has 0 radical (unpaired) electrons. The van der Waals surface area contributed by atoms with Gasteiger partial charge in [-0.15, -0.1) is 0 Å². The molecule has 0 aliphatic heterocycles. The molecule has 0 aromatic heterocycles. The summed E-state index contributed by atoms with van der Waals surface area (Å²) in [6.45, 7) is 3.57. The zero-order chi connectivity index (χ0) is 13.5. The predicted octanol–water partition coefficient (Wildman–Crippen LogP) is 3.00. The van der Waals surface area contributed by atoms with Crippen molar-refractivity contribution in [2.75, 3.05) is 18.9 Å². The van der Waals surface area contributed by atoms with Crippen LogP contribution in [0.5, 0.6) is 5.75 Å². The van der Waals surface area contributed by atoms with E-state index in [1.807, 2.05) is 30.3 Å². The van der Waals surface area contributed by atoms with Crippen molar-refractivity contribution in [1.82, 2.24) is 5.32 Å². The van der Waals surface area contributed by atoms with Gasteiger partial charge in [-0.25, -0.2) is 0 Å². The highest BCUT2D eigenvalue weighted by Crippen LogP contribution is 2.14. The molecule has 2 rings (SSSR count). The number of nitrogens with one attached hydrogen (secondary N) is 1. The largest absolute Gasteiger partial charge is 0.492 e. The maximum atomic E-state index is 5.69. The van der Waals surface area contributed by atoms with Crippen LogP contribution < -0.4 is 15.8 Å². The number of nitrogens with two attached hydrogens (primary N) is 1. The Morgan fingerprint density at radius 2 is 1.89 bits per heavy atom. The molecule has 3 heteroatoms. The number of hydrogen-bond donors (Lipinski definition) is 2. The summed E-state index contributed by atoms with van der Waals surface area (Å²) in [4.78, 5) is 0. The molecular weight excluding hydrogens is 236 g/mol. The molecular formula is C16H20N2O. The molecule has 19 heavy (non-hydrogen) atoms. The summed E-state index contributed by atoms with van der Waals surface area (Å²) in [6, 6.07) is 18.2. The Bertz CT molecular complexity index is 499. The number of ether oxygens (including phenoxy) is 1. The van der Waals surface area contributed by atoms with Crippen molar-refractivity contribution in [2.45, 2.75) is 13.0 Å². The third kappa shape index (κ3) is 4.30. The van der Waals surface area contributed by atoms with Crippen molar-refractivity contribution in [2.24, 2.45) is 0 Å². The Morgan fingerprint density at radius 1 is 1.11 bits per heavy atom. The van der Waals surface area contributed by atoms with Crippen molar-refractivity contribution in [3.8, 4) is 5.75 Å². The van der Waals surface area contributed by atoms with Crippen LogP contribution in [0.3, 0.4) is 0 Å². The maximum absolute atomic E-state index is 5.69.